The van der Waals surface area contributed by atoms with E-state index in [0.717, 1.165) is 17.9 Å². The third-order valence-electron chi connectivity index (χ3n) is 3.89. The van der Waals surface area contributed by atoms with Gasteiger partial charge in [-0.15, -0.1) is 0 Å². The molecule has 0 aromatic heterocycles. The first-order valence-corrected chi connectivity index (χ1v) is 7.87. The maximum absolute atomic E-state index is 3.75. The van der Waals surface area contributed by atoms with Crippen molar-refractivity contribution in [2.75, 3.05) is 18.6 Å². The molecule has 0 aliphatic heterocycles. The van der Waals surface area contributed by atoms with Crippen LogP contribution in [0.5, 0.6) is 0 Å². The molecule has 0 amide bonds. The lowest BCUT2D eigenvalue weighted by Gasteiger charge is -2.34. The molecule has 0 heterocycles. The summed E-state index contributed by atoms with van der Waals surface area (Å²) in [5.41, 5.74) is 0. The van der Waals surface area contributed by atoms with E-state index in [1.807, 2.05) is 11.8 Å². The van der Waals surface area contributed by atoms with Crippen molar-refractivity contribution in [2.24, 2.45) is 11.8 Å². The molecule has 0 aromatic rings. The Morgan fingerprint density at radius 3 is 2.73 bits per heavy atom. The van der Waals surface area contributed by atoms with E-state index in [1.54, 1.807) is 0 Å². The first-order chi connectivity index (χ1) is 7.25. The highest BCUT2D eigenvalue weighted by Crippen LogP contribution is 2.29. The minimum absolute atomic E-state index is 0.794. The number of unbranched alkanes of at least 4 members (excludes halogenated alkanes) is 1. The average Bonchev–Trinajstić information content (AvgIpc) is 2.24. The smallest absolute Gasteiger partial charge is 0.00952 e. The molecule has 15 heavy (non-hydrogen) atoms. The second-order valence-electron chi connectivity index (χ2n) is 5.03. The van der Waals surface area contributed by atoms with Crippen LogP contribution in [0.15, 0.2) is 0 Å². The summed E-state index contributed by atoms with van der Waals surface area (Å²) in [4.78, 5) is 0. The zero-order valence-corrected chi connectivity index (χ0v) is 11.4. The van der Waals surface area contributed by atoms with Gasteiger partial charge in [0.25, 0.3) is 0 Å². The Kier molecular flexibility index (Phi) is 6.74. The van der Waals surface area contributed by atoms with Crippen LogP contribution in [0.1, 0.15) is 46.0 Å². The summed E-state index contributed by atoms with van der Waals surface area (Å²) >= 11 is 1.96. The van der Waals surface area contributed by atoms with Crippen molar-refractivity contribution in [1.29, 1.82) is 0 Å². The summed E-state index contributed by atoms with van der Waals surface area (Å²) in [6.45, 7) is 6.05. The van der Waals surface area contributed by atoms with Crippen LogP contribution in [0, 0.1) is 11.8 Å². The summed E-state index contributed by atoms with van der Waals surface area (Å²) in [7, 11) is 0. The molecule has 1 nitrogen and oxygen atoms in total. The molecular formula is C13H27NS. The van der Waals surface area contributed by atoms with Crippen LogP contribution in [-0.4, -0.2) is 24.6 Å². The van der Waals surface area contributed by atoms with Gasteiger partial charge in [-0.25, -0.2) is 0 Å². The van der Waals surface area contributed by atoms with Gasteiger partial charge in [0.05, 0.1) is 0 Å². The fourth-order valence-corrected chi connectivity index (χ4v) is 3.02. The van der Waals surface area contributed by atoms with Crippen molar-refractivity contribution in [3.05, 3.63) is 0 Å². The van der Waals surface area contributed by atoms with Gasteiger partial charge >= 0.3 is 0 Å². The Hall–Kier alpha value is 0.310. The molecule has 1 rings (SSSR count). The van der Waals surface area contributed by atoms with Crippen molar-refractivity contribution in [3.8, 4) is 0 Å². The molecule has 3 atom stereocenters. The van der Waals surface area contributed by atoms with Crippen LogP contribution in [0.3, 0.4) is 0 Å². The highest BCUT2D eigenvalue weighted by Gasteiger charge is 2.25. The maximum Gasteiger partial charge on any atom is 0.00952 e. The minimum atomic E-state index is 0.794. The van der Waals surface area contributed by atoms with Crippen LogP contribution in [0.4, 0.5) is 0 Å². The molecule has 1 aliphatic rings. The van der Waals surface area contributed by atoms with Crippen LogP contribution in [0.2, 0.25) is 0 Å². The molecule has 1 fully saturated rings. The fraction of sp³-hybridized carbons (Fsp3) is 1.00. The minimum Gasteiger partial charge on any atom is -0.314 e. The molecule has 0 radical (unpaired) electrons. The van der Waals surface area contributed by atoms with E-state index in [-0.39, 0.29) is 0 Å². The predicted molar refractivity (Wildman–Crippen MR) is 71.6 cm³/mol. The highest BCUT2D eigenvalue weighted by atomic mass is 32.2. The van der Waals surface area contributed by atoms with Gasteiger partial charge in [0.2, 0.25) is 0 Å². The Morgan fingerprint density at radius 1 is 1.20 bits per heavy atom. The first kappa shape index (κ1) is 13.4. The molecular weight excluding hydrogens is 202 g/mol. The molecule has 2 heteroatoms. The standard InChI is InChI=1S/C13H27NS/c1-11-7-6-8-13(12(11)2)14-9-4-5-10-15-3/h11-14H,4-10H2,1-3H3. The van der Waals surface area contributed by atoms with Gasteiger partial charge in [-0.1, -0.05) is 26.7 Å². The molecule has 0 aromatic carbocycles. The predicted octanol–water partition coefficient (Wildman–Crippen LogP) is 3.54. The normalized spacial score (nSPS) is 31.8. The monoisotopic (exact) mass is 229 g/mol. The number of hydrogen-bond acceptors (Lipinski definition) is 2. The Morgan fingerprint density at radius 2 is 2.00 bits per heavy atom. The van der Waals surface area contributed by atoms with E-state index in [0.29, 0.717) is 0 Å². The van der Waals surface area contributed by atoms with Gasteiger partial charge in [0, 0.05) is 6.04 Å². The molecule has 90 valence electrons. The third kappa shape index (κ3) is 4.78. The molecule has 0 saturated heterocycles. The van der Waals surface area contributed by atoms with E-state index in [1.165, 1.54) is 44.4 Å². The molecule has 0 spiro atoms. The SMILES string of the molecule is CSCCCCNC1CCCC(C)C1C. The van der Waals surface area contributed by atoms with Crippen LogP contribution < -0.4 is 5.32 Å². The molecule has 1 N–H and O–H groups in total. The lowest BCUT2D eigenvalue weighted by Crippen LogP contribution is -2.41. The van der Waals surface area contributed by atoms with E-state index in [4.69, 9.17) is 0 Å². The van der Waals surface area contributed by atoms with E-state index < -0.39 is 0 Å². The molecule has 1 aliphatic carbocycles. The van der Waals surface area contributed by atoms with E-state index in [2.05, 4.69) is 25.4 Å². The van der Waals surface area contributed by atoms with Crippen molar-refractivity contribution in [2.45, 2.75) is 52.0 Å². The first-order valence-electron chi connectivity index (χ1n) is 6.48. The zero-order chi connectivity index (χ0) is 11.1. The van der Waals surface area contributed by atoms with Gasteiger partial charge in [-0.05, 0) is 49.7 Å². The Labute approximate surface area is 99.8 Å². The zero-order valence-electron chi connectivity index (χ0n) is 10.6. The highest BCUT2D eigenvalue weighted by molar-refractivity contribution is 7.98. The Balaban J connectivity index is 2.09. The lowest BCUT2D eigenvalue weighted by molar-refractivity contribution is 0.207. The number of thioether (sulfide) groups is 1. The van der Waals surface area contributed by atoms with Gasteiger partial charge in [0.15, 0.2) is 0 Å². The topological polar surface area (TPSA) is 12.0 Å². The summed E-state index contributed by atoms with van der Waals surface area (Å²) in [5.74, 6) is 3.11. The van der Waals surface area contributed by atoms with Gasteiger partial charge in [-0.3, -0.25) is 0 Å². The Bertz CT molecular complexity index is 161. The molecule has 3 unspecified atom stereocenters. The van der Waals surface area contributed by atoms with Crippen molar-refractivity contribution in [3.63, 3.8) is 0 Å². The summed E-state index contributed by atoms with van der Waals surface area (Å²) < 4.78 is 0. The largest absolute Gasteiger partial charge is 0.314 e. The second kappa shape index (κ2) is 7.56. The van der Waals surface area contributed by atoms with Gasteiger partial charge in [0.1, 0.15) is 0 Å². The average molecular weight is 229 g/mol. The van der Waals surface area contributed by atoms with Crippen LogP contribution >= 0.6 is 11.8 Å². The van der Waals surface area contributed by atoms with Crippen molar-refractivity contribution in [1.82, 2.24) is 5.32 Å². The third-order valence-corrected chi connectivity index (χ3v) is 4.59. The number of hydrogen-bond donors (Lipinski definition) is 1. The summed E-state index contributed by atoms with van der Waals surface area (Å²) in [6, 6.07) is 0.794. The van der Waals surface area contributed by atoms with Crippen molar-refractivity contribution < 1.29 is 0 Å². The van der Waals surface area contributed by atoms with Gasteiger partial charge < -0.3 is 5.32 Å². The lowest BCUT2D eigenvalue weighted by atomic mass is 9.78. The summed E-state index contributed by atoms with van der Waals surface area (Å²) in [6.07, 6.45) is 9.16. The summed E-state index contributed by atoms with van der Waals surface area (Å²) in [5, 5.41) is 3.75. The number of nitrogens with one attached hydrogen (secondary N) is 1. The molecule has 1 saturated carbocycles. The number of rotatable bonds is 6. The van der Waals surface area contributed by atoms with Crippen molar-refractivity contribution >= 4 is 11.8 Å². The second-order valence-corrected chi connectivity index (χ2v) is 6.01. The quantitative estimate of drug-likeness (QED) is 0.699. The molecule has 0 bridgehead atoms. The fourth-order valence-electron chi connectivity index (χ4n) is 2.53. The van der Waals surface area contributed by atoms with Crippen LogP contribution in [-0.2, 0) is 0 Å². The van der Waals surface area contributed by atoms with Crippen LogP contribution in [0.25, 0.3) is 0 Å². The maximum atomic E-state index is 3.75. The van der Waals surface area contributed by atoms with E-state index >= 15 is 0 Å². The van der Waals surface area contributed by atoms with Gasteiger partial charge in [-0.2, -0.15) is 11.8 Å². The van der Waals surface area contributed by atoms with E-state index in [9.17, 15) is 0 Å².